The van der Waals surface area contributed by atoms with E-state index in [1.165, 1.54) is 18.2 Å². The minimum absolute atomic E-state index is 0.00723. The second-order valence-electron chi connectivity index (χ2n) is 4.69. The van der Waals surface area contributed by atoms with Crippen LogP contribution < -0.4 is 0 Å². The van der Waals surface area contributed by atoms with Crippen LogP contribution in [-0.4, -0.2) is 13.3 Å². The molecule has 124 valence electrons. The van der Waals surface area contributed by atoms with Crippen molar-refractivity contribution in [1.82, 2.24) is 0 Å². The van der Waals surface area contributed by atoms with Gasteiger partial charge in [0.25, 0.3) is 5.69 Å². The Bertz CT molecular complexity index is 939. The smallest absolute Gasteiger partial charge is 0.258 e. The lowest BCUT2D eigenvalue weighted by Gasteiger charge is -2.00. The Labute approximate surface area is 143 Å². The van der Waals surface area contributed by atoms with E-state index in [-0.39, 0.29) is 10.7 Å². The molecule has 24 heavy (non-hydrogen) atoms. The highest BCUT2D eigenvalue weighted by Gasteiger charge is 2.12. The van der Waals surface area contributed by atoms with Gasteiger partial charge in [-0.2, -0.15) is 8.42 Å². The number of benzene rings is 2. The number of nitrogens with zero attached hydrogens (tertiary/aromatic N) is 1. The summed E-state index contributed by atoms with van der Waals surface area (Å²) in [5.41, 5.74) is 1.15. The highest BCUT2D eigenvalue weighted by Crippen LogP contribution is 2.23. The summed E-state index contributed by atoms with van der Waals surface area (Å²) < 4.78 is 34.4. The van der Waals surface area contributed by atoms with Crippen LogP contribution in [0.15, 0.2) is 59.5 Å². The highest BCUT2D eigenvalue weighted by molar-refractivity contribution is 7.86. The molecule has 5 nitrogen and oxygen atoms in total. The second-order valence-corrected chi connectivity index (χ2v) is 6.45. The van der Waals surface area contributed by atoms with Gasteiger partial charge in [-0.25, -0.2) is 0 Å². The fourth-order valence-electron chi connectivity index (χ4n) is 1.86. The molecule has 0 N–H and O–H groups in total. The Kier molecular flexibility index (Phi) is 5.48. The van der Waals surface area contributed by atoms with Crippen LogP contribution in [0.4, 0.5) is 9.57 Å². The van der Waals surface area contributed by atoms with Gasteiger partial charge in [-0.1, -0.05) is 54.1 Å². The molecule has 2 rings (SSSR count). The summed E-state index contributed by atoms with van der Waals surface area (Å²) >= 11 is 5.91. The summed E-state index contributed by atoms with van der Waals surface area (Å²) in [4.78, 5) is 9.71. The van der Waals surface area contributed by atoms with Crippen LogP contribution in [0.5, 0.6) is 0 Å². The van der Waals surface area contributed by atoms with E-state index >= 15 is 0 Å². The molecule has 0 saturated heterocycles. The van der Waals surface area contributed by atoms with Crippen molar-refractivity contribution in [1.29, 1.82) is 0 Å². The number of rotatable bonds is 5. The predicted octanol–water partition coefficient (Wildman–Crippen LogP) is 4.63. The molecule has 0 aliphatic rings. The molecule has 0 aliphatic heterocycles. The third-order valence-electron chi connectivity index (χ3n) is 3.01. The Morgan fingerprint density at radius 3 is 2.42 bits per heavy atom. The van der Waals surface area contributed by atoms with Crippen molar-refractivity contribution in [3.8, 4) is 0 Å². The van der Waals surface area contributed by atoms with E-state index in [1.807, 2.05) is 0 Å². The van der Waals surface area contributed by atoms with Crippen LogP contribution in [-0.2, 0) is 10.2 Å². The zero-order valence-corrected chi connectivity index (χ0v) is 13.7. The molecule has 0 radical (unpaired) electrons. The van der Waals surface area contributed by atoms with Crippen LogP contribution in [0.3, 0.4) is 0 Å². The third kappa shape index (κ3) is 4.74. The summed E-state index contributed by atoms with van der Waals surface area (Å²) in [7, 11) is -4.79. The Morgan fingerprint density at radius 2 is 1.79 bits per heavy atom. The van der Waals surface area contributed by atoms with Crippen molar-refractivity contribution in [2.45, 2.75) is 4.90 Å². The van der Waals surface area contributed by atoms with Crippen molar-refractivity contribution in [3.63, 3.8) is 0 Å². The largest absolute Gasteiger partial charge is 0.332 e. The Balaban J connectivity index is 2.14. The van der Waals surface area contributed by atoms with Crippen molar-refractivity contribution < 1.29 is 17.2 Å². The molecule has 0 amide bonds. The van der Waals surface area contributed by atoms with Gasteiger partial charge in [0.05, 0.1) is 9.82 Å². The highest BCUT2D eigenvalue weighted by atomic mass is 35.5. The molecule has 0 heterocycles. The number of allylic oxidation sites excluding steroid dienone is 2. The van der Waals surface area contributed by atoms with E-state index in [9.17, 15) is 22.4 Å². The fourth-order valence-corrected chi connectivity index (χ4v) is 2.66. The van der Waals surface area contributed by atoms with E-state index in [0.29, 0.717) is 11.1 Å². The number of non-ortho nitro benzene ring substituents is 1. The van der Waals surface area contributed by atoms with E-state index in [0.717, 1.165) is 12.1 Å². The van der Waals surface area contributed by atoms with Gasteiger partial charge in [-0.05, 0) is 23.3 Å². The van der Waals surface area contributed by atoms with Crippen molar-refractivity contribution >= 4 is 39.7 Å². The lowest BCUT2D eigenvalue weighted by Crippen LogP contribution is -1.91. The molecule has 0 fully saturated rings. The number of nitro benzene ring substituents is 1. The first kappa shape index (κ1) is 17.8. The molecule has 2 aromatic rings. The van der Waals surface area contributed by atoms with E-state index in [4.69, 9.17) is 11.6 Å². The lowest BCUT2D eigenvalue weighted by atomic mass is 10.1. The maximum absolute atomic E-state index is 12.9. The van der Waals surface area contributed by atoms with Gasteiger partial charge in [0.1, 0.15) is 0 Å². The first-order chi connectivity index (χ1) is 11.3. The topological polar surface area (TPSA) is 77.3 Å². The maximum Gasteiger partial charge on any atom is 0.332 e. The fraction of sp³-hybridized carbons (Fsp3) is 0. The monoisotopic (exact) mass is 367 g/mol. The van der Waals surface area contributed by atoms with Crippen LogP contribution >= 0.6 is 11.6 Å². The second kappa shape index (κ2) is 7.37. The van der Waals surface area contributed by atoms with E-state index < -0.39 is 20.0 Å². The number of halogens is 2. The van der Waals surface area contributed by atoms with Crippen molar-refractivity contribution in [3.05, 3.63) is 80.9 Å². The average molecular weight is 368 g/mol. The average Bonchev–Trinajstić information content (AvgIpc) is 2.52. The first-order valence-electron chi connectivity index (χ1n) is 6.61. The zero-order chi connectivity index (χ0) is 17.7. The Hall–Kier alpha value is -2.51. The minimum Gasteiger partial charge on any atom is -0.258 e. The molecule has 0 aliphatic carbocycles. The van der Waals surface area contributed by atoms with Gasteiger partial charge < -0.3 is 0 Å². The van der Waals surface area contributed by atoms with Crippen LogP contribution in [0.2, 0.25) is 5.02 Å². The van der Waals surface area contributed by atoms with Crippen LogP contribution in [0, 0.1) is 10.1 Å². The van der Waals surface area contributed by atoms with Gasteiger partial charge in [0, 0.05) is 17.2 Å². The molecule has 0 unspecified atom stereocenters. The summed E-state index contributed by atoms with van der Waals surface area (Å²) in [5.74, 6) is 0. The third-order valence-corrected chi connectivity index (χ3v) is 4.15. The summed E-state index contributed by atoms with van der Waals surface area (Å²) in [6, 6.07) is 9.64. The zero-order valence-electron chi connectivity index (χ0n) is 12.1. The van der Waals surface area contributed by atoms with Crippen LogP contribution in [0.1, 0.15) is 11.1 Å². The maximum atomic E-state index is 12.9. The Morgan fingerprint density at radius 1 is 1.08 bits per heavy atom. The predicted molar refractivity (Wildman–Crippen MR) is 90.9 cm³/mol. The molecule has 0 saturated carbocycles. The molecule has 0 bridgehead atoms. The molecule has 2 aromatic carbocycles. The molecule has 0 aromatic heterocycles. The van der Waals surface area contributed by atoms with Gasteiger partial charge in [0.15, 0.2) is 0 Å². The van der Waals surface area contributed by atoms with Crippen molar-refractivity contribution in [2.75, 3.05) is 0 Å². The molecular weight excluding hydrogens is 357 g/mol. The van der Waals surface area contributed by atoms with E-state index in [2.05, 4.69) is 0 Å². The SMILES string of the molecule is O=[N+]([O-])c1cccc(/C=C\C=C/c2ccc(S(=O)(=O)F)cc2Cl)c1. The minimum atomic E-state index is -4.79. The molecular formula is C16H11ClFNO4S. The lowest BCUT2D eigenvalue weighted by molar-refractivity contribution is -0.384. The standard InChI is InChI=1S/C16H11ClFNO4S/c17-16-11-15(24(18,22)23)9-8-13(16)6-2-1-4-12-5-3-7-14(10-12)19(20)21/h1-11H/b4-1-,6-2-. The number of hydrogen-bond acceptors (Lipinski definition) is 4. The molecule has 8 heteroatoms. The molecule has 0 atom stereocenters. The summed E-state index contributed by atoms with van der Waals surface area (Å²) in [5, 5.41) is 10.8. The normalized spacial score (nSPS) is 12.1. The number of hydrogen-bond donors (Lipinski definition) is 0. The molecule has 0 spiro atoms. The summed E-state index contributed by atoms with van der Waals surface area (Å²) in [6.07, 6.45) is 6.54. The van der Waals surface area contributed by atoms with Gasteiger partial charge in [-0.15, -0.1) is 3.89 Å². The summed E-state index contributed by atoms with van der Waals surface area (Å²) in [6.45, 7) is 0. The number of nitro groups is 1. The van der Waals surface area contributed by atoms with Gasteiger partial charge >= 0.3 is 10.2 Å². The van der Waals surface area contributed by atoms with Crippen molar-refractivity contribution in [2.24, 2.45) is 0 Å². The van der Waals surface area contributed by atoms with Gasteiger partial charge in [-0.3, -0.25) is 10.1 Å². The van der Waals surface area contributed by atoms with E-state index in [1.54, 1.807) is 36.4 Å². The van der Waals surface area contributed by atoms with Crippen LogP contribution in [0.25, 0.3) is 12.2 Å². The van der Waals surface area contributed by atoms with Gasteiger partial charge in [0.2, 0.25) is 0 Å². The quantitative estimate of drug-likeness (QED) is 0.334. The first-order valence-corrected chi connectivity index (χ1v) is 8.37.